The molecule has 0 aliphatic heterocycles. The molecule has 6 heteroatoms. The van der Waals surface area contributed by atoms with Gasteiger partial charge in [0.05, 0.1) is 0 Å². The van der Waals surface area contributed by atoms with Crippen LogP contribution in [0.15, 0.2) is 0 Å². The van der Waals surface area contributed by atoms with E-state index in [9.17, 15) is 13.2 Å². The number of halogens is 4. The lowest BCUT2D eigenvalue weighted by Crippen LogP contribution is -2.34. The van der Waals surface area contributed by atoms with Crippen molar-refractivity contribution in [1.82, 2.24) is 5.32 Å². The summed E-state index contributed by atoms with van der Waals surface area (Å²) in [5, 5.41) is 3.09. The molecule has 0 radical (unpaired) electrons. The van der Waals surface area contributed by atoms with Crippen LogP contribution < -0.4 is 5.32 Å². The van der Waals surface area contributed by atoms with E-state index in [1.165, 1.54) is 12.8 Å². The first kappa shape index (κ1) is 14.5. The molecule has 1 fully saturated rings. The van der Waals surface area contributed by atoms with Crippen LogP contribution in [0.3, 0.4) is 0 Å². The van der Waals surface area contributed by atoms with E-state index in [1.54, 1.807) is 0 Å². The van der Waals surface area contributed by atoms with Crippen molar-refractivity contribution in [2.24, 2.45) is 5.41 Å². The molecule has 0 aromatic carbocycles. The molecular weight excluding hydrogens is 259 g/mol. The zero-order valence-corrected chi connectivity index (χ0v) is 10.6. The maximum atomic E-state index is 11.8. The van der Waals surface area contributed by atoms with Crippen LogP contribution in [0.4, 0.5) is 13.2 Å². The summed E-state index contributed by atoms with van der Waals surface area (Å²) in [6, 6.07) is 0. The SMILES string of the molecule is FC(F)(F)SCCNCC1(CCl)CCCC1. The summed E-state index contributed by atoms with van der Waals surface area (Å²) in [6.45, 7) is 1.14. The van der Waals surface area contributed by atoms with Crippen molar-refractivity contribution in [3.8, 4) is 0 Å². The molecule has 0 atom stereocenters. The van der Waals surface area contributed by atoms with E-state index in [1.807, 2.05) is 0 Å². The zero-order valence-electron chi connectivity index (χ0n) is 9.08. The van der Waals surface area contributed by atoms with Crippen molar-refractivity contribution in [3.63, 3.8) is 0 Å². The Labute approximate surface area is 103 Å². The van der Waals surface area contributed by atoms with Crippen LogP contribution in [-0.2, 0) is 0 Å². The van der Waals surface area contributed by atoms with E-state index in [2.05, 4.69) is 5.32 Å². The topological polar surface area (TPSA) is 12.0 Å². The second-order valence-corrected chi connectivity index (χ2v) is 5.74. The molecule has 16 heavy (non-hydrogen) atoms. The molecule has 0 heterocycles. The van der Waals surface area contributed by atoms with Gasteiger partial charge in [0.15, 0.2) is 0 Å². The molecular formula is C10H17ClF3NS. The normalized spacial score (nSPS) is 20.2. The molecule has 96 valence electrons. The van der Waals surface area contributed by atoms with E-state index < -0.39 is 5.51 Å². The summed E-state index contributed by atoms with van der Waals surface area (Å²) in [4.78, 5) is 0. The van der Waals surface area contributed by atoms with Crippen LogP contribution in [0.5, 0.6) is 0 Å². The third-order valence-electron chi connectivity index (χ3n) is 2.99. The minimum absolute atomic E-state index is 0.0271. The third-order valence-corrected chi connectivity index (χ3v) is 4.29. The quantitative estimate of drug-likeness (QED) is 0.587. The van der Waals surface area contributed by atoms with Crippen LogP contribution in [0.2, 0.25) is 0 Å². The maximum Gasteiger partial charge on any atom is 0.441 e. The summed E-state index contributed by atoms with van der Waals surface area (Å²) in [5.74, 6) is 0.675. The first-order valence-corrected chi connectivity index (χ1v) is 6.97. The Morgan fingerprint density at radius 2 is 1.88 bits per heavy atom. The van der Waals surface area contributed by atoms with Crippen molar-refractivity contribution in [1.29, 1.82) is 0 Å². The van der Waals surface area contributed by atoms with Crippen LogP contribution in [0.1, 0.15) is 25.7 Å². The second-order valence-electron chi connectivity index (χ2n) is 4.31. The van der Waals surface area contributed by atoms with E-state index >= 15 is 0 Å². The molecule has 1 N–H and O–H groups in total. The summed E-state index contributed by atoms with van der Waals surface area (Å²) in [7, 11) is 0. The van der Waals surface area contributed by atoms with Crippen molar-refractivity contribution < 1.29 is 13.2 Å². The molecule has 1 aliphatic rings. The largest absolute Gasteiger partial charge is 0.441 e. The Morgan fingerprint density at radius 1 is 1.25 bits per heavy atom. The Kier molecular flexibility index (Phi) is 5.74. The van der Waals surface area contributed by atoms with Gasteiger partial charge in [0.2, 0.25) is 0 Å². The Morgan fingerprint density at radius 3 is 2.38 bits per heavy atom. The fraction of sp³-hybridized carbons (Fsp3) is 1.00. The molecule has 0 aromatic heterocycles. The predicted molar refractivity (Wildman–Crippen MR) is 63.0 cm³/mol. The number of rotatable bonds is 6. The van der Waals surface area contributed by atoms with E-state index in [0.717, 1.165) is 19.4 Å². The summed E-state index contributed by atoms with van der Waals surface area (Å²) >= 11 is 5.95. The van der Waals surface area contributed by atoms with Crippen LogP contribution in [0.25, 0.3) is 0 Å². The van der Waals surface area contributed by atoms with Crippen molar-refractivity contribution >= 4 is 23.4 Å². The molecule has 1 saturated carbocycles. The van der Waals surface area contributed by atoms with Gasteiger partial charge in [-0.05, 0) is 30.0 Å². The summed E-state index contributed by atoms with van der Waals surface area (Å²) in [6.07, 6.45) is 4.56. The van der Waals surface area contributed by atoms with Crippen LogP contribution in [0, 0.1) is 5.41 Å². The van der Waals surface area contributed by atoms with Gasteiger partial charge in [-0.3, -0.25) is 0 Å². The summed E-state index contributed by atoms with van der Waals surface area (Å²) < 4.78 is 35.5. The Hall–Kier alpha value is 0.390. The number of hydrogen-bond donors (Lipinski definition) is 1. The van der Waals surface area contributed by atoms with Gasteiger partial charge in [0.1, 0.15) is 0 Å². The minimum atomic E-state index is -4.11. The fourth-order valence-corrected chi connectivity index (χ4v) is 2.91. The summed E-state index contributed by atoms with van der Waals surface area (Å²) in [5.41, 5.74) is -3.98. The first-order valence-electron chi connectivity index (χ1n) is 5.45. The van der Waals surface area contributed by atoms with Gasteiger partial charge in [0, 0.05) is 24.7 Å². The number of hydrogen-bond acceptors (Lipinski definition) is 2. The molecule has 1 nitrogen and oxygen atoms in total. The average Bonchev–Trinajstić information content (AvgIpc) is 2.65. The van der Waals surface area contributed by atoms with Crippen LogP contribution in [-0.4, -0.2) is 30.2 Å². The van der Waals surface area contributed by atoms with Crippen LogP contribution >= 0.6 is 23.4 Å². The highest BCUT2D eigenvalue weighted by atomic mass is 35.5. The van der Waals surface area contributed by atoms with E-state index in [4.69, 9.17) is 11.6 Å². The van der Waals surface area contributed by atoms with Gasteiger partial charge in [-0.2, -0.15) is 13.2 Å². The van der Waals surface area contributed by atoms with Gasteiger partial charge >= 0.3 is 5.51 Å². The first-order chi connectivity index (χ1) is 7.47. The van der Waals surface area contributed by atoms with E-state index in [-0.39, 0.29) is 22.9 Å². The standard InChI is InChI=1S/C10H17ClF3NS/c11-7-9(3-1-2-4-9)8-15-5-6-16-10(12,13)14/h15H,1-8H2. The zero-order chi connectivity index (χ0) is 12.1. The molecule has 0 aromatic rings. The molecule has 0 amide bonds. The highest BCUT2D eigenvalue weighted by molar-refractivity contribution is 8.00. The van der Waals surface area contributed by atoms with E-state index in [0.29, 0.717) is 12.4 Å². The average molecular weight is 276 g/mol. The Bertz CT molecular complexity index is 205. The highest BCUT2D eigenvalue weighted by Gasteiger charge is 2.32. The van der Waals surface area contributed by atoms with Gasteiger partial charge in [0.25, 0.3) is 0 Å². The van der Waals surface area contributed by atoms with Gasteiger partial charge in [-0.15, -0.1) is 11.6 Å². The highest BCUT2D eigenvalue weighted by Crippen LogP contribution is 2.38. The molecule has 0 bridgehead atoms. The lowest BCUT2D eigenvalue weighted by atomic mass is 9.88. The molecule has 0 unspecified atom stereocenters. The number of nitrogens with one attached hydrogen (secondary N) is 1. The molecule has 1 rings (SSSR count). The van der Waals surface area contributed by atoms with Crippen molar-refractivity contribution in [3.05, 3.63) is 0 Å². The monoisotopic (exact) mass is 275 g/mol. The van der Waals surface area contributed by atoms with Gasteiger partial charge in [-0.25, -0.2) is 0 Å². The fourth-order valence-electron chi connectivity index (χ4n) is 2.08. The Balaban J connectivity index is 2.10. The van der Waals surface area contributed by atoms with Crippen molar-refractivity contribution in [2.45, 2.75) is 31.2 Å². The lowest BCUT2D eigenvalue weighted by molar-refractivity contribution is -0.0327. The van der Waals surface area contributed by atoms with Crippen molar-refractivity contribution in [2.75, 3.05) is 24.7 Å². The number of alkyl halides is 4. The smallest absolute Gasteiger partial charge is 0.315 e. The third kappa shape index (κ3) is 5.15. The maximum absolute atomic E-state index is 11.8. The van der Waals surface area contributed by atoms with Gasteiger partial charge in [-0.1, -0.05) is 12.8 Å². The molecule has 0 spiro atoms. The lowest BCUT2D eigenvalue weighted by Gasteiger charge is -2.26. The second kappa shape index (κ2) is 6.36. The predicted octanol–water partition coefficient (Wildman–Crippen LogP) is 3.63. The number of thioether (sulfide) groups is 1. The minimum Gasteiger partial charge on any atom is -0.315 e. The molecule has 1 aliphatic carbocycles. The van der Waals surface area contributed by atoms with Gasteiger partial charge < -0.3 is 5.32 Å². The molecule has 0 saturated heterocycles.